The van der Waals surface area contributed by atoms with Gasteiger partial charge in [-0.3, -0.25) is 9.78 Å². The third-order valence-electron chi connectivity index (χ3n) is 4.36. The van der Waals surface area contributed by atoms with Gasteiger partial charge < -0.3 is 9.88 Å². The minimum Gasteiger partial charge on any atom is -0.356 e. The second-order valence-corrected chi connectivity index (χ2v) is 6.72. The summed E-state index contributed by atoms with van der Waals surface area (Å²) >= 11 is 6.00. The van der Waals surface area contributed by atoms with E-state index >= 15 is 0 Å². The average Bonchev–Trinajstić information content (AvgIpc) is 3.16. The molecule has 0 saturated carbocycles. The molecular formula is C21H22ClN3O. The molecule has 0 bridgehead atoms. The van der Waals surface area contributed by atoms with E-state index in [0.29, 0.717) is 18.0 Å². The maximum atomic E-state index is 12.5. The Hall–Kier alpha value is -2.59. The van der Waals surface area contributed by atoms with Crippen LogP contribution in [0.2, 0.25) is 5.02 Å². The SMILES string of the molecule is O=C(C[C@H](Cn1cccc1)c1ccc(Cl)cc1)NCCc1ccncc1. The molecule has 2 aromatic heterocycles. The zero-order valence-electron chi connectivity index (χ0n) is 14.5. The lowest BCUT2D eigenvalue weighted by atomic mass is 9.95. The van der Waals surface area contributed by atoms with E-state index in [-0.39, 0.29) is 11.8 Å². The minimum absolute atomic E-state index is 0.0613. The number of nitrogens with zero attached hydrogens (tertiary/aromatic N) is 2. The van der Waals surface area contributed by atoms with Crippen molar-refractivity contribution < 1.29 is 4.79 Å². The number of rotatable bonds is 8. The number of pyridine rings is 1. The number of hydrogen-bond acceptors (Lipinski definition) is 2. The van der Waals surface area contributed by atoms with E-state index in [4.69, 9.17) is 11.6 Å². The van der Waals surface area contributed by atoms with Gasteiger partial charge in [0.1, 0.15) is 0 Å². The van der Waals surface area contributed by atoms with Crippen molar-refractivity contribution in [2.45, 2.75) is 25.3 Å². The molecule has 26 heavy (non-hydrogen) atoms. The standard InChI is InChI=1S/C21H22ClN3O/c22-20-5-3-18(4-6-20)19(16-25-13-1-2-14-25)15-21(26)24-12-9-17-7-10-23-11-8-17/h1-8,10-11,13-14,19H,9,12,15-16H2,(H,24,26)/t19-/m1/s1. The number of carbonyl (C=O) groups is 1. The fourth-order valence-corrected chi connectivity index (χ4v) is 3.09. The van der Waals surface area contributed by atoms with Gasteiger partial charge in [0.25, 0.3) is 0 Å². The number of hydrogen-bond donors (Lipinski definition) is 1. The zero-order chi connectivity index (χ0) is 18.2. The maximum absolute atomic E-state index is 12.5. The van der Waals surface area contributed by atoms with Crippen LogP contribution in [0.5, 0.6) is 0 Å². The number of benzene rings is 1. The summed E-state index contributed by atoms with van der Waals surface area (Å²) in [5.74, 6) is 0.159. The predicted octanol–water partition coefficient (Wildman–Crippen LogP) is 4.07. The Morgan fingerprint density at radius 3 is 2.46 bits per heavy atom. The van der Waals surface area contributed by atoms with Gasteiger partial charge in [-0.15, -0.1) is 0 Å². The average molecular weight is 368 g/mol. The summed E-state index contributed by atoms with van der Waals surface area (Å²) in [4.78, 5) is 16.5. The Bertz CT molecular complexity index is 801. The van der Waals surface area contributed by atoms with Crippen molar-refractivity contribution in [1.29, 1.82) is 0 Å². The van der Waals surface area contributed by atoms with Gasteiger partial charge in [0.2, 0.25) is 5.91 Å². The van der Waals surface area contributed by atoms with E-state index in [1.165, 1.54) is 5.56 Å². The van der Waals surface area contributed by atoms with Gasteiger partial charge in [-0.05, 0) is 53.9 Å². The zero-order valence-corrected chi connectivity index (χ0v) is 15.3. The highest BCUT2D eigenvalue weighted by Crippen LogP contribution is 2.23. The van der Waals surface area contributed by atoms with Gasteiger partial charge in [-0.2, -0.15) is 0 Å². The van der Waals surface area contributed by atoms with Crippen LogP contribution in [-0.4, -0.2) is 22.0 Å². The fraction of sp³-hybridized carbons (Fsp3) is 0.238. The molecule has 134 valence electrons. The molecule has 0 unspecified atom stereocenters. The highest BCUT2D eigenvalue weighted by molar-refractivity contribution is 6.30. The van der Waals surface area contributed by atoms with Crippen LogP contribution < -0.4 is 5.32 Å². The third-order valence-corrected chi connectivity index (χ3v) is 4.61. The van der Waals surface area contributed by atoms with Crippen molar-refractivity contribution in [2.24, 2.45) is 0 Å². The summed E-state index contributed by atoms with van der Waals surface area (Å²) in [5.41, 5.74) is 2.29. The molecule has 0 radical (unpaired) electrons. The molecule has 0 spiro atoms. The smallest absolute Gasteiger partial charge is 0.220 e. The van der Waals surface area contributed by atoms with Gasteiger partial charge in [-0.1, -0.05) is 23.7 Å². The summed E-state index contributed by atoms with van der Waals surface area (Å²) in [6.07, 6.45) is 8.82. The van der Waals surface area contributed by atoms with Gasteiger partial charge in [-0.25, -0.2) is 0 Å². The molecule has 0 aliphatic heterocycles. The molecule has 5 heteroatoms. The number of nitrogens with one attached hydrogen (secondary N) is 1. The first-order chi connectivity index (χ1) is 12.7. The van der Waals surface area contributed by atoms with Crippen LogP contribution in [0.4, 0.5) is 0 Å². The van der Waals surface area contributed by atoms with E-state index < -0.39 is 0 Å². The van der Waals surface area contributed by atoms with Crippen LogP contribution in [0, 0.1) is 0 Å². The van der Waals surface area contributed by atoms with E-state index in [9.17, 15) is 4.79 Å². The monoisotopic (exact) mass is 367 g/mol. The number of amides is 1. The topological polar surface area (TPSA) is 46.9 Å². The Labute approximate surface area is 158 Å². The van der Waals surface area contributed by atoms with E-state index in [1.54, 1.807) is 12.4 Å². The Morgan fingerprint density at radius 2 is 1.77 bits per heavy atom. The van der Waals surface area contributed by atoms with Crippen molar-refractivity contribution >= 4 is 17.5 Å². The molecule has 1 aromatic carbocycles. The van der Waals surface area contributed by atoms with Crippen LogP contribution in [0.3, 0.4) is 0 Å². The Kier molecular flexibility index (Phi) is 6.45. The van der Waals surface area contributed by atoms with Crippen molar-refractivity contribution in [2.75, 3.05) is 6.54 Å². The Morgan fingerprint density at radius 1 is 1.08 bits per heavy atom. The first-order valence-corrected chi connectivity index (χ1v) is 9.10. The van der Waals surface area contributed by atoms with E-state index in [1.807, 2.05) is 60.9 Å². The summed E-state index contributed by atoms with van der Waals surface area (Å²) in [6, 6.07) is 15.7. The molecule has 0 fully saturated rings. The van der Waals surface area contributed by atoms with Crippen LogP contribution in [0.1, 0.15) is 23.5 Å². The van der Waals surface area contributed by atoms with Gasteiger partial charge >= 0.3 is 0 Å². The van der Waals surface area contributed by atoms with Crippen LogP contribution in [0.15, 0.2) is 73.3 Å². The first-order valence-electron chi connectivity index (χ1n) is 8.72. The van der Waals surface area contributed by atoms with Crippen LogP contribution >= 0.6 is 11.6 Å². The highest BCUT2D eigenvalue weighted by Gasteiger charge is 2.16. The quantitative estimate of drug-likeness (QED) is 0.652. The molecule has 1 N–H and O–H groups in total. The minimum atomic E-state index is 0.0613. The largest absolute Gasteiger partial charge is 0.356 e. The predicted molar refractivity (Wildman–Crippen MR) is 104 cm³/mol. The van der Waals surface area contributed by atoms with E-state index in [0.717, 1.165) is 18.5 Å². The second-order valence-electron chi connectivity index (χ2n) is 6.29. The lowest BCUT2D eigenvalue weighted by Gasteiger charge is -2.18. The Balaban J connectivity index is 1.59. The number of aromatic nitrogens is 2. The molecule has 3 aromatic rings. The normalized spacial score (nSPS) is 11.9. The lowest BCUT2D eigenvalue weighted by Crippen LogP contribution is -2.28. The lowest BCUT2D eigenvalue weighted by molar-refractivity contribution is -0.121. The maximum Gasteiger partial charge on any atom is 0.220 e. The van der Waals surface area contributed by atoms with Gasteiger partial charge in [0, 0.05) is 55.2 Å². The van der Waals surface area contributed by atoms with E-state index in [2.05, 4.69) is 14.9 Å². The molecule has 1 amide bonds. The molecule has 0 aliphatic rings. The molecule has 3 rings (SSSR count). The van der Waals surface area contributed by atoms with Crippen molar-refractivity contribution in [3.05, 3.63) is 89.5 Å². The summed E-state index contributed by atoms with van der Waals surface area (Å²) in [5, 5.41) is 3.73. The molecule has 1 atom stereocenters. The molecular weight excluding hydrogens is 346 g/mol. The highest BCUT2D eigenvalue weighted by atomic mass is 35.5. The van der Waals surface area contributed by atoms with Crippen LogP contribution in [-0.2, 0) is 17.8 Å². The van der Waals surface area contributed by atoms with Crippen molar-refractivity contribution in [3.8, 4) is 0 Å². The van der Waals surface area contributed by atoms with Crippen molar-refractivity contribution in [1.82, 2.24) is 14.9 Å². The molecule has 0 saturated heterocycles. The summed E-state index contributed by atoms with van der Waals surface area (Å²) < 4.78 is 2.10. The second kappa shape index (κ2) is 9.20. The summed E-state index contributed by atoms with van der Waals surface area (Å²) in [7, 11) is 0. The van der Waals surface area contributed by atoms with Gasteiger partial charge in [0.15, 0.2) is 0 Å². The van der Waals surface area contributed by atoms with Crippen molar-refractivity contribution in [3.63, 3.8) is 0 Å². The molecule has 0 aliphatic carbocycles. The van der Waals surface area contributed by atoms with Crippen LogP contribution in [0.25, 0.3) is 0 Å². The molecule has 2 heterocycles. The number of halogens is 1. The molecule has 4 nitrogen and oxygen atoms in total. The first kappa shape index (κ1) is 18.2. The van der Waals surface area contributed by atoms with Gasteiger partial charge in [0.05, 0.1) is 0 Å². The summed E-state index contributed by atoms with van der Waals surface area (Å²) in [6.45, 7) is 1.38. The third kappa shape index (κ3) is 5.46. The number of carbonyl (C=O) groups excluding carboxylic acids is 1. The fourth-order valence-electron chi connectivity index (χ4n) is 2.96.